The number of hydrogen-bond donors (Lipinski definition) is 1. The number of benzene rings is 1. The Morgan fingerprint density at radius 2 is 1.87 bits per heavy atom. The van der Waals surface area contributed by atoms with Crippen LogP contribution in [0, 0.1) is 0 Å². The van der Waals surface area contributed by atoms with E-state index in [1.54, 1.807) is 13.0 Å². The quantitative estimate of drug-likeness (QED) is 0.798. The number of amides is 1. The van der Waals surface area contributed by atoms with Gasteiger partial charge >= 0.3 is 5.97 Å². The van der Waals surface area contributed by atoms with Crippen LogP contribution in [0.3, 0.4) is 0 Å². The molecule has 1 amide bonds. The van der Waals surface area contributed by atoms with Gasteiger partial charge in [-0.05, 0) is 44.4 Å². The summed E-state index contributed by atoms with van der Waals surface area (Å²) in [6.07, 6.45) is 2.21. The van der Waals surface area contributed by atoms with Crippen LogP contribution in [0.5, 0.6) is 0 Å². The highest BCUT2D eigenvalue weighted by Gasteiger charge is 2.21. The van der Waals surface area contributed by atoms with Crippen LogP contribution in [0.4, 0.5) is 0 Å². The predicted octanol–water partition coefficient (Wildman–Crippen LogP) is 2.96. The molecule has 1 heterocycles. The number of esters is 1. The molecule has 0 bridgehead atoms. The Balaban J connectivity index is 1.75. The molecule has 0 aliphatic heterocycles. The second-order valence-corrected chi connectivity index (χ2v) is 5.46. The maximum absolute atomic E-state index is 12.1. The van der Waals surface area contributed by atoms with E-state index in [4.69, 9.17) is 9.15 Å². The van der Waals surface area contributed by atoms with Crippen molar-refractivity contribution in [3.63, 3.8) is 0 Å². The number of furan rings is 1. The van der Waals surface area contributed by atoms with Crippen molar-refractivity contribution in [2.45, 2.75) is 38.8 Å². The van der Waals surface area contributed by atoms with Gasteiger partial charge in [0.15, 0.2) is 6.10 Å². The topological polar surface area (TPSA) is 68.5 Å². The number of hydrogen-bond acceptors (Lipinski definition) is 4. The first-order valence-corrected chi connectivity index (χ1v) is 7.65. The van der Waals surface area contributed by atoms with Crippen molar-refractivity contribution >= 4 is 11.9 Å². The van der Waals surface area contributed by atoms with Gasteiger partial charge in [0.1, 0.15) is 0 Å². The van der Waals surface area contributed by atoms with Crippen LogP contribution in [0.1, 0.15) is 36.4 Å². The maximum atomic E-state index is 12.1. The standard InChI is InChI=1S/C18H21NO4/c1-13(10-11-15-7-4-3-5-8-15)19-17(20)14(2)23-18(21)16-9-6-12-22-16/h3-9,12-14H,10-11H2,1-2H3,(H,19,20)/t13-,14+/m0/s1. The summed E-state index contributed by atoms with van der Waals surface area (Å²) in [6, 6.07) is 13.2. The number of carbonyl (C=O) groups is 2. The molecule has 0 unspecified atom stereocenters. The molecule has 122 valence electrons. The summed E-state index contributed by atoms with van der Waals surface area (Å²) in [4.78, 5) is 23.8. The minimum atomic E-state index is -0.869. The van der Waals surface area contributed by atoms with Gasteiger partial charge in [0.05, 0.1) is 6.26 Å². The largest absolute Gasteiger partial charge is 0.457 e. The normalized spacial score (nSPS) is 13.1. The van der Waals surface area contributed by atoms with Crippen molar-refractivity contribution in [1.29, 1.82) is 0 Å². The van der Waals surface area contributed by atoms with Gasteiger partial charge < -0.3 is 14.5 Å². The monoisotopic (exact) mass is 315 g/mol. The van der Waals surface area contributed by atoms with E-state index in [1.807, 2.05) is 25.1 Å². The lowest BCUT2D eigenvalue weighted by Crippen LogP contribution is -2.41. The van der Waals surface area contributed by atoms with Gasteiger partial charge in [0, 0.05) is 6.04 Å². The molecule has 5 nitrogen and oxygen atoms in total. The fourth-order valence-corrected chi connectivity index (χ4v) is 2.13. The molecule has 0 saturated heterocycles. The Morgan fingerprint density at radius 3 is 2.52 bits per heavy atom. The molecule has 0 radical (unpaired) electrons. The van der Waals surface area contributed by atoms with Crippen molar-refractivity contribution in [3.05, 3.63) is 60.1 Å². The van der Waals surface area contributed by atoms with E-state index in [2.05, 4.69) is 17.4 Å². The molecule has 0 spiro atoms. The fourth-order valence-electron chi connectivity index (χ4n) is 2.13. The fraction of sp³-hybridized carbons (Fsp3) is 0.333. The van der Waals surface area contributed by atoms with Gasteiger partial charge in [0.2, 0.25) is 5.76 Å². The van der Waals surface area contributed by atoms with Crippen molar-refractivity contribution in [1.82, 2.24) is 5.32 Å². The van der Waals surface area contributed by atoms with Gasteiger partial charge in [-0.2, -0.15) is 0 Å². The third-order valence-electron chi connectivity index (χ3n) is 3.47. The Morgan fingerprint density at radius 1 is 1.13 bits per heavy atom. The summed E-state index contributed by atoms with van der Waals surface area (Å²) in [7, 11) is 0. The molecule has 0 aliphatic carbocycles. The first kappa shape index (κ1) is 16.8. The molecule has 2 rings (SSSR count). The Kier molecular flexibility index (Phi) is 5.97. The second-order valence-electron chi connectivity index (χ2n) is 5.46. The lowest BCUT2D eigenvalue weighted by molar-refractivity contribution is -0.129. The van der Waals surface area contributed by atoms with Crippen molar-refractivity contribution in [3.8, 4) is 0 Å². The summed E-state index contributed by atoms with van der Waals surface area (Å²) in [5.41, 5.74) is 1.23. The molecule has 5 heteroatoms. The van der Waals surface area contributed by atoms with Gasteiger partial charge in [-0.3, -0.25) is 4.79 Å². The Hall–Kier alpha value is -2.56. The van der Waals surface area contributed by atoms with Crippen molar-refractivity contribution in [2.75, 3.05) is 0 Å². The molecule has 0 saturated carbocycles. The van der Waals surface area contributed by atoms with Crippen LogP contribution < -0.4 is 5.32 Å². The molecule has 2 atom stereocenters. The molecule has 1 N–H and O–H groups in total. The van der Waals surface area contributed by atoms with Crippen LogP contribution in [0.25, 0.3) is 0 Å². The van der Waals surface area contributed by atoms with Gasteiger partial charge in [-0.15, -0.1) is 0 Å². The zero-order valence-electron chi connectivity index (χ0n) is 13.3. The highest BCUT2D eigenvalue weighted by Crippen LogP contribution is 2.07. The number of nitrogens with one attached hydrogen (secondary N) is 1. The van der Waals surface area contributed by atoms with Crippen LogP contribution in [-0.2, 0) is 16.0 Å². The maximum Gasteiger partial charge on any atom is 0.374 e. The molecule has 1 aromatic carbocycles. The smallest absolute Gasteiger partial charge is 0.374 e. The first-order chi connectivity index (χ1) is 11.1. The number of carbonyl (C=O) groups excluding carboxylic acids is 2. The molecule has 23 heavy (non-hydrogen) atoms. The van der Waals surface area contributed by atoms with Crippen LogP contribution in [-0.4, -0.2) is 24.0 Å². The lowest BCUT2D eigenvalue weighted by atomic mass is 10.1. The summed E-state index contributed by atoms with van der Waals surface area (Å²) >= 11 is 0. The highest BCUT2D eigenvalue weighted by atomic mass is 16.6. The van der Waals surface area contributed by atoms with E-state index in [1.165, 1.54) is 17.9 Å². The van der Waals surface area contributed by atoms with Gasteiger partial charge in [-0.1, -0.05) is 30.3 Å². The average molecular weight is 315 g/mol. The zero-order chi connectivity index (χ0) is 16.7. The Labute approximate surface area is 135 Å². The van der Waals surface area contributed by atoms with Gasteiger partial charge in [-0.25, -0.2) is 4.79 Å². The van der Waals surface area contributed by atoms with Crippen molar-refractivity contribution < 1.29 is 18.7 Å². The minimum absolute atomic E-state index is 0.00697. The molecule has 1 aromatic heterocycles. The average Bonchev–Trinajstić information content (AvgIpc) is 3.08. The molecule has 0 aliphatic rings. The number of ether oxygens (including phenoxy) is 1. The molecular weight excluding hydrogens is 294 g/mol. The Bertz CT molecular complexity index is 622. The summed E-state index contributed by atoms with van der Waals surface area (Å²) in [5.74, 6) is -0.873. The van der Waals surface area contributed by atoms with Crippen LogP contribution in [0.15, 0.2) is 53.1 Å². The lowest BCUT2D eigenvalue weighted by Gasteiger charge is -2.17. The molecule has 0 fully saturated rings. The summed E-state index contributed by atoms with van der Waals surface area (Å²) in [6.45, 7) is 3.47. The minimum Gasteiger partial charge on any atom is -0.457 e. The highest BCUT2D eigenvalue weighted by molar-refractivity contribution is 5.89. The number of aryl methyl sites for hydroxylation is 1. The van der Waals surface area contributed by atoms with E-state index < -0.39 is 12.1 Å². The number of rotatable bonds is 7. The second kappa shape index (κ2) is 8.17. The van der Waals surface area contributed by atoms with E-state index in [0.29, 0.717) is 0 Å². The predicted molar refractivity (Wildman–Crippen MR) is 86.0 cm³/mol. The summed E-state index contributed by atoms with van der Waals surface area (Å²) < 4.78 is 10.0. The van der Waals surface area contributed by atoms with Crippen LogP contribution in [0.2, 0.25) is 0 Å². The van der Waals surface area contributed by atoms with Crippen LogP contribution >= 0.6 is 0 Å². The van der Waals surface area contributed by atoms with E-state index in [0.717, 1.165) is 12.8 Å². The van der Waals surface area contributed by atoms with E-state index in [9.17, 15) is 9.59 Å². The zero-order valence-corrected chi connectivity index (χ0v) is 13.3. The SMILES string of the molecule is C[C@@H](CCc1ccccc1)NC(=O)[C@@H](C)OC(=O)c1ccco1. The van der Waals surface area contributed by atoms with Crippen molar-refractivity contribution in [2.24, 2.45) is 0 Å². The first-order valence-electron chi connectivity index (χ1n) is 7.65. The van der Waals surface area contributed by atoms with E-state index >= 15 is 0 Å². The summed E-state index contributed by atoms with van der Waals surface area (Å²) in [5, 5.41) is 2.85. The molecular formula is C18H21NO4. The third kappa shape index (κ3) is 5.29. The molecule has 2 aromatic rings. The van der Waals surface area contributed by atoms with E-state index in [-0.39, 0.29) is 17.7 Å². The van der Waals surface area contributed by atoms with Gasteiger partial charge in [0.25, 0.3) is 5.91 Å². The third-order valence-corrected chi connectivity index (χ3v) is 3.47.